The molecule has 2 rings (SSSR count). The Hall–Kier alpha value is -0.860. The first-order chi connectivity index (χ1) is 8.66. The number of rotatable bonds is 4. The fourth-order valence-corrected chi connectivity index (χ4v) is 2.88. The van der Waals surface area contributed by atoms with E-state index in [2.05, 4.69) is 49.1 Å². The molecule has 2 nitrogen and oxygen atoms in total. The highest BCUT2D eigenvalue weighted by Gasteiger charge is 2.25. The molecule has 1 aromatic rings. The van der Waals surface area contributed by atoms with E-state index in [1.54, 1.807) is 0 Å². The van der Waals surface area contributed by atoms with E-state index in [1.165, 1.54) is 31.5 Å². The second kappa shape index (κ2) is 6.35. The standard InChI is InChI=1S/C16H26N2/c1-13(2)16(17)15-8-10-18(11-9-15)12-14-6-4-3-5-7-14/h3-7,13,15-16H,8-12,17H2,1-2H3. The Bertz CT molecular complexity index is 339. The third-order valence-corrected chi connectivity index (χ3v) is 4.20. The van der Waals surface area contributed by atoms with Gasteiger partial charge >= 0.3 is 0 Å². The lowest BCUT2D eigenvalue weighted by Gasteiger charge is -2.36. The lowest BCUT2D eigenvalue weighted by molar-refractivity contribution is 0.150. The van der Waals surface area contributed by atoms with Gasteiger partial charge in [0.25, 0.3) is 0 Å². The number of hydrogen-bond donors (Lipinski definition) is 1. The Labute approximate surface area is 111 Å². The van der Waals surface area contributed by atoms with Gasteiger partial charge in [0.05, 0.1) is 0 Å². The molecule has 2 N–H and O–H groups in total. The summed E-state index contributed by atoms with van der Waals surface area (Å²) in [6.45, 7) is 7.95. The van der Waals surface area contributed by atoms with Gasteiger partial charge in [0.15, 0.2) is 0 Å². The van der Waals surface area contributed by atoms with Crippen LogP contribution in [0.1, 0.15) is 32.3 Å². The van der Waals surface area contributed by atoms with Crippen molar-refractivity contribution in [3.63, 3.8) is 0 Å². The second-order valence-electron chi connectivity index (χ2n) is 5.92. The largest absolute Gasteiger partial charge is 0.327 e. The molecular formula is C16H26N2. The van der Waals surface area contributed by atoms with Gasteiger partial charge in [-0.2, -0.15) is 0 Å². The smallest absolute Gasteiger partial charge is 0.0233 e. The van der Waals surface area contributed by atoms with Gasteiger partial charge in [0.2, 0.25) is 0 Å². The summed E-state index contributed by atoms with van der Waals surface area (Å²) in [6.07, 6.45) is 2.51. The van der Waals surface area contributed by atoms with Gasteiger partial charge in [-0.15, -0.1) is 0 Å². The number of piperidine rings is 1. The van der Waals surface area contributed by atoms with Crippen molar-refractivity contribution in [3.8, 4) is 0 Å². The Kier molecular flexibility index (Phi) is 4.79. The van der Waals surface area contributed by atoms with Crippen molar-refractivity contribution in [2.45, 2.75) is 39.3 Å². The van der Waals surface area contributed by atoms with Crippen LogP contribution in [0.2, 0.25) is 0 Å². The first kappa shape index (κ1) is 13.6. The number of likely N-dealkylation sites (tertiary alicyclic amines) is 1. The van der Waals surface area contributed by atoms with E-state index < -0.39 is 0 Å². The lowest BCUT2D eigenvalue weighted by Crippen LogP contribution is -2.42. The molecule has 1 atom stereocenters. The van der Waals surface area contributed by atoms with Gasteiger partial charge in [-0.1, -0.05) is 44.2 Å². The molecule has 0 bridgehead atoms. The summed E-state index contributed by atoms with van der Waals surface area (Å²) in [4.78, 5) is 2.55. The maximum atomic E-state index is 6.27. The van der Waals surface area contributed by atoms with E-state index in [4.69, 9.17) is 5.73 Å². The van der Waals surface area contributed by atoms with Crippen molar-refractivity contribution in [2.75, 3.05) is 13.1 Å². The summed E-state index contributed by atoms with van der Waals surface area (Å²) in [7, 11) is 0. The minimum absolute atomic E-state index is 0.379. The molecule has 0 saturated carbocycles. The SMILES string of the molecule is CC(C)C(N)C1CCN(Cc2ccccc2)CC1. The highest BCUT2D eigenvalue weighted by molar-refractivity contribution is 5.14. The van der Waals surface area contributed by atoms with Crippen LogP contribution >= 0.6 is 0 Å². The van der Waals surface area contributed by atoms with Gasteiger partial charge in [0.1, 0.15) is 0 Å². The summed E-state index contributed by atoms with van der Waals surface area (Å²) >= 11 is 0. The third-order valence-electron chi connectivity index (χ3n) is 4.20. The second-order valence-corrected chi connectivity index (χ2v) is 5.92. The van der Waals surface area contributed by atoms with E-state index in [-0.39, 0.29) is 0 Å². The number of nitrogens with two attached hydrogens (primary N) is 1. The molecule has 0 aliphatic carbocycles. The summed E-state index contributed by atoms with van der Waals surface area (Å²) < 4.78 is 0. The molecule has 0 aromatic heterocycles. The lowest BCUT2D eigenvalue weighted by atomic mass is 9.84. The molecular weight excluding hydrogens is 220 g/mol. The Balaban J connectivity index is 1.80. The van der Waals surface area contributed by atoms with E-state index in [0.29, 0.717) is 12.0 Å². The molecule has 1 saturated heterocycles. The van der Waals surface area contributed by atoms with E-state index in [9.17, 15) is 0 Å². The van der Waals surface area contributed by atoms with Gasteiger partial charge in [0, 0.05) is 12.6 Å². The van der Waals surface area contributed by atoms with Crippen LogP contribution in [0, 0.1) is 11.8 Å². The predicted octanol–water partition coefficient (Wildman–Crippen LogP) is 2.88. The predicted molar refractivity (Wildman–Crippen MR) is 77.3 cm³/mol. The Morgan fingerprint density at radius 1 is 1.17 bits per heavy atom. The molecule has 1 unspecified atom stereocenters. The van der Waals surface area contributed by atoms with Crippen molar-refractivity contribution in [3.05, 3.63) is 35.9 Å². The third kappa shape index (κ3) is 3.56. The van der Waals surface area contributed by atoms with Crippen molar-refractivity contribution >= 4 is 0 Å². The highest BCUT2D eigenvalue weighted by atomic mass is 15.1. The molecule has 0 amide bonds. The Morgan fingerprint density at radius 3 is 2.33 bits per heavy atom. The maximum Gasteiger partial charge on any atom is 0.0233 e. The molecule has 1 aliphatic rings. The van der Waals surface area contributed by atoms with Crippen LogP contribution in [-0.4, -0.2) is 24.0 Å². The topological polar surface area (TPSA) is 29.3 Å². The Morgan fingerprint density at radius 2 is 1.78 bits per heavy atom. The summed E-state index contributed by atoms with van der Waals surface area (Å²) in [5.74, 6) is 1.33. The van der Waals surface area contributed by atoms with Crippen LogP contribution in [0.25, 0.3) is 0 Å². The van der Waals surface area contributed by atoms with Crippen LogP contribution in [0.15, 0.2) is 30.3 Å². The fourth-order valence-electron chi connectivity index (χ4n) is 2.88. The van der Waals surface area contributed by atoms with Crippen molar-refractivity contribution in [1.82, 2.24) is 4.90 Å². The average Bonchev–Trinajstić information content (AvgIpc) is 2.40. The highest BCUT2D eigenvalue weighted by Crippen LogP contribution is 2.24. The van der Waals surface area contributed by atoms with E-state index in [1.807, 2.05) is 0 Å². The van der Waals surface area contributed by atoms with Crippen LogP contribution < -0.4 is 5.73 Å². The molecule has 0 radical (unpaired) electrons. The zero-order valence-corrected chi connectivity index (χ0v) is 11.7. The van der Waals surface area contributed by atoms with Crippen LogP contribution in [0.5, 0.6) is 0 Å². The molecule has 1 fully saturated rings. The van der Waals surface area contributed by atoms with Crippen LogP contribution in [-0.2, 0) is 6.54 Å². The minimum Gasteiger partial charge on any atom is -0.327 e. The minimum atomic E-state index is 0.379. The molecule has 1 aromatic carbocycles. The van der Waals surface area contributed by atoms with Crippen molar-refractivity contribution in [1.29, 1.82) is 0 Å². The monoisotopic (exact) mass is 246 g/mol. The first-order valence-electron chi connectivity index (χ1n) is 7.18. The summed E-state index contributed by atoms with van der Waals surface area (Å²) in [6, 6.07) is 11.1. The average molecular weight is 246 g/mol. The first-order valence-corrected chi connectivity index (χ1v) is 7.18. The van der Waals surface area contributed by atoms with Crippen LogP contribution in [0.3, 0.4) is 0 Å². The van der Waals surface area contributed by atoms with Gasteiger partial charge in [-0.3, -0.25) is 4.90 Å². The normalized spacial score (nSPS) is 20.2. The molecule has 100 valence electrons. The molecule has 1 aliphatic heterocycles. The summed E-state index contributed by atoms with van der Waals surface area (Å²) in [5.41, 5.74) is 7.69. The number of hydrogen-bond acceptors (Lipinski definition) is 2. The van der Waals surface area contributed by atoms with Crippen molar-refractivity contribution in [2.24, 2.45) is 17.6 Å². The molecule has 18 heavy (non-hydrogen) atoms. The quantitative estimate of drug-likeness (QED) is 0.885. The molecule has 0 spiro atoms. The van der Waals surface area contributed by atoms with Gasteiger partial charge in [-0.25, -0.2) is 0 Å². The molecule has 1 heterocycles. The zero-order valence-electron chi connectivity index (χ0n) is 11.7. The maximum absolute atomic E-state index is 6.27. The summed E-state index contributed by atoms with van der Waals surface area (Å²) in [5, 5.41) is 0. The number of benzene rings is 1. The van der Waals surface area contributed by atoms with Crippen molar-refractivity contribution < 1.29 is 0 Å². The molecule has 2 heteroatoms. The zero-order chi connectivity index (χ0) is 13.0. The van der Waals surface area contributed by atoms with Gasteiger partial charge in [-0.05, 0) is 43.3 Å². The van der Waals surface area contributed by atoms with E-state index in [0.717, 1.165) is 12.5 Å². The van der Waals surface area contributed by atoms with E-state index >= 15 is 0 Å². The fraction of sp³-hybridized carbons (Fsp3) is 0.625. The number of nitrogens with zero attached hydrogens (tertiary/aromatic N) is 1. The van der Waals surface area contributed by atoms with Crippen LogP contribution in [0.4, 0.5) is 0 Å². The van der Waals surface area contributed by atoms with Gasteiger partial charge < -0.3 is 5.73 Å².